The number of nitrogens with zero attached hydrogens (tertiary/aromatic N) is 4. The van der Waals surface area contributed by atoms with E-state index in [2.05, 4.69) is 327 Å². The van der Waals surface area contributed by atoms with Crippen molar-refractivity contribution in [3.05, 3.63) is 277 Å². The largest absolute Gasteiger partial charge is 0.309 e. The lowest BCUT2D eigenvalue weighted by molar-refractivity contribution is 0.604. The summed E-state index contributed by atoms with van der Waals surface area (Å²) in [6.07, 6.45) is 0. The van der Waals surface area contributed by atoms with Crippen LogP contribution in [0.1, 0.15) is 51.3 Å². The average Bonchev–Trinajstić information content (AvgIpc) is 4.30. The van der Waals surface area contributed by atoms with Crippen LogP contribution in [0.5, 0.6) is 0 Å². The van der Waals surface area contributed by atoms with Gasteiger partial charge in [-0.2, -0.15) is 0 Å². The average molecular weight is 1120 g/mol. The zero-order valence-corrected chi connectivity index (χ0v) is 49.6. The maximum atomic E-state index is 2.59. The Kier molecular flexibility index (Phi) is 12.3. The van der Waals surface area contributed by atoms with E-state index in [4.69, 9.17) is 0 Å². The Bertz CT molecular complexity index is 4570. The Hall–Kier alpha value is -9.46. The first-order chi connectivity index (χ1) is 40.9. The maximum Gasteiger partial charge on any atom is 0.0728 e. The highest BCUT2D eigenvalue weighted by atomic mass is 32.1. The zero-order valence-electron chi connectivity index (χ0n) is 48.0. The van der Waals surface area contributed by atoms with Crippen molar-refractivity contribution < 1.29 is 0 Å². The highest BCUT2D eigenvalue weighted by Crippen LogP contribution is 2.58. The van der Waals surface area contributed by atoms with Gasteiger partial charge in [-0.05, 0) is 142 Å². The van der Waals surface area contributed by atoms with Gasteiger partial charge < -0.3 is 18.9 Å². The molecule has 15 rings (SSSR count). The molecule has 406 valence electrons. The summed E-state index contributed by atoms with van der Waals surface area (Å²) in [5.74, 6) is 0. The highest BCUT2D eigenvalue weighted by molar-refractivity contribution is 7.22. The van der Waals surface area contributed by atoms with Crippen LogP contribution in [-0.4, -0.2) is 9.13 Å². The lowest BCUT2D eigenvalue weighted by atomic mass is 9.93. The van der Waals surface area contributed by atoms with E-state index in [1.54, 1.807) is 0 Å². The molecule has 0 atom stereocenters. The number of hydrogen-bond donors (Lipinski definition) is 0. The van der Waals surface area contributed by atoms with Gasteiger partial charge in [0.2, 0.25) is 0 Å². The van der Waals surface area contributed by atoms with Crippen LogP contribution >= 0.6 is 22.7 Å². The lowest BCUT2D eigenvalue weighted by Gasteiger charge is -2.31. The predicted octanol–water partition coefficient (Wildman–Crippen LogP) is 23.2. The fourth-order valence-corrected chi connectivity index (χ4v) is 15.0. The molecule has 0 saturated carbocycles. The van der Waals surface area contributed by atoms with E-state index < -0.39 is 0 Å². The molecule has 0 fully saturated rings. The second kappa shape index (κ2) is 20.2. The van der Waals surface area contributed by atoms with Crippen LogP contribution in [0.3, 0.4) is 0 Å². The monoisotopic (exact) mass is 1120 g/mol. The molecule has 0 amide bonds. The van der Waals surface area contributed by atoms with E-state index in [9.17, 15) is 0 Å². The zero-order chi connectivity index (χ0) is 56.8. The fourth-order valence-electron chi connectivity index (χ4n) is 12.5. The van der Waals surface area contributed by atoms with E-state index in [0.717, 1.165) is 34.1 Å². The number of anilines is 6. The maximum absolute atomic E-state index is 2.59. The van der Waals surface area contributed by atoms with Crippen LogP contribution in [0.4, 0.5) is 34.1 Å². The van der Waals surface area contributed by atoms with Crippen LogP contribution < -0.4 is 9.80 Å². The second-order valence-electron chi connectivity index (χ2n) is 24.2. The van der Waals surface area contributed by atoms with Gasteiger partial charge in [-0.25, -0.2) is 0 Å². The Labute approximate surface area is 499 Å². The number of aromatic nitrogens is 2. The van der Waals surface area contributed by atoms with Crippen molar-refractivity contribution in [2.75, 3.05) is 9.80 Å². The van der Waals surface area contributed by atoms with Crippen molar-refractivity contribution in [3.8, 4) is 33.6 Å². The Morgan fingerprint density at radius 3 is 0.952 bits per heavy atom. The molecule has 0 N–H and O–H groups in total. The number of hydrogen-bond acceptors (Lipinski definition) is 4. The minimum atomic E-state index is -0.150. The van der Waals surface area contributed by atoms with E-state index in [-0.39, 0.29) is 10.8 Å². The van der Waals surface area contributed by atoms with Crippen molar-refractivity contribution in [2.45, 2.75) is 52.4 Å². The summed E-state index contributed by atoms with van der Waals surface area (Å²) < 4.78 is 7.32. The first-order valence-electron chi connectivity index (χ1n) is 29.1. The molecule has 0 bridgehead atoms. The van der Waals surface area contributed by atoms with Crippen molar-refractivity contribution >= 4 is 121 Å². The molecule has 0 aliphatic carbocycles. The Balaban J connectivity index is 1.05. The van der Waals surface area contributed by atoms with Crippen LogP contribution in [0.15, 0.2) is 267 Å². The third-order valence-electron chi connectivity index (χ3n) is 16.7. The summed E-state index contributed by atoms with van der Waals surface area (Å²) >= 11 is 3.89. The van der Waals surface area contributed by atoms with Crippen molar-refractivity contribution in [1.29, 1.82) is 0 Å². The lowest BCUT2D eigenvalue weighted by Crippen LogP contribution is -2.13. The summed E-state index contributed by atoms with van der Waals surface area (Å²) in [7, 11) is 0. The van der Waals surface area contributed by atoms with Gasteiger partial charge in [-0.3, -0.25) is 0 Å². The first kappa shape index (κ1) is 51.4. The summed E-state index contributed by atoms with van der Waals surface area (Å²) in [4.78, 5) is 7.83. The van der Waals surface area contributed by atoms with Gasteiger partial charge in [0.1, 0.15) is 0 Å². The van der Waals surface area contributed by atoms with Gasteiger partial charge in [0, 0.05) is 76.2 Å². The third kappa shape index (κ3) is 8.70. The van der Waals surface area contributed by atoms with Crippen LogP contribution in [0.25, 0.3) is 97.4 Å². The number of fused-ring (bicyclic) bond motifs is 8. The molecular formula is C78H62N4S2. The molecular weight excluding hydrogens is 1060 g/mol. The van der Waals surface area contributed by atoms with Gasteiger partial charge in [0.15, 0.2) is 0 Å². The summed E-state index contributed by atoms with van der Waals surface area (Å²) in [5, 5.41) is 7.30. The molecule has 0 radical (unpaired) electrons. The quantitative estimate of drug-likeness (QED) is 0.127. The minimum Gasteiger partial charge on any atom is -0.309 e. The van der Waals surface area contributed by atoms with Crippen molar-refractivity contribution in [1.82, 2.24) is 9.13 Å². The third-order valence-corrected chi connectivity index (χ3v) is 19.8. The van der Waals surface area contributed by atoms with Gasteiger partial charge in [0.05, 0.1) is 42.8 Å². The van der Waals surface area contributed by atoms with E-state index in [1.165, 1.54) is 107 Å². The summed E-state index contributed by atoms with van der Waals surface area (Å²) in [6, 6.07) is 98.7. The normalized spacial score (nSPS) is 12.2. The second-order valence-corrected chi connectivity index (χ2v) is 26.3. The minimum absolute atomic E-state index is 0.150. The molecule has 4 heterocycles. The van der Waals surface area contributed by atoms with E-state index >= 15 is 0 Å². The molecule has 6 heteroatoms. The number of benzene rings is 11. The number of para-hydroxylation sites is 4. The number of rotatable bonds is 10. The molecule has 0 unspecified atom stereocenters. The predicted molar refractivity (Wildman–Crippen MR) is 364 cm³/mol. The standard InChI is InChI=1S/C78H62N4S2/c1-77(2,3)71-49-65-73(79(57-39-35-53(36-40-57)51-23-11-7-12-24-51)59-43-45-69-63(47-59)61-31-19-21-33-67(61)81(69)55-27-15-9-16-28-55)76-66(50-72(84-76)78(4,5)6)74(75(65)83-71)80(58-41-37-54(38-42-58)52-25-13-8-14-26-52)60-44-46-70-64(48-60)62-32-20-22-34-68(62)82(70)56-29-17-10-18-30-56/h7-50H,1-6H3. The van der Waals surface area contributed by atoms with E-state index in [0.29, 0.717) is 0 Å². The van der Waals surface area contributed by atoms with Gasteiger partial charge in [-0.1, -0.05) is 199 Å². The van der Waals surface area contributed by atoms with Crippen LogP contribution in [-0.2, 0) is 10.8 Å². The van der Waals surface area contributed by atoms with Crippen LogP contribution in [0, 0.1) is 0 Å². The molecule has 15 aromatic rings. The van der Waals surface area contributed by atoms with Gasteiger partial charge in [-0.15, -0.1) is 22.7 Å². The molecule has 4 aromatic heterocycles. The molecule has 0 aliphatic heterocycles. The molecule has 84 heavy (non-hydrogen) atoms. The van der Waals surface area contributed by atoms with Crippen molar-refractivity contribution in [3.63, 3.8) is 0 Å². The topological polar surface area (TPSA) is 16.3 Å². The smallest absolute Gasteiger partial charge is 0.0728 e. The molecule has 11 aromatic carbocycles. The van der Waals surface area contributed by atoms with Crippen LogP contribution in [0.2, 0.25) is 0 Å². The Morgan fingerprint density at radius 1 is 0.274 bits per heavy atom. The molecule has 4 nitrogen and oxygen atoms in total. The van der Waals surface area contributed by atoms with E-state index in [1.807, 2.05) is 22.7 Å². The SMILES string of the molecule is CC(C)(C)c1cc2c(N(c3ccc(-c4ccccc4)cc3)c3ccc4c(c3)c3ccccc3n4-c3ccccc3)c3sc(C(C)(C)C)cc3c(N(c3ccc(-c4ccccc4)cc3)c3ccc4c(c3)c3ccccc3n4-c3ccccc3)c2s1. The summed E-state index contributed by atoms with van der Waals surface area (Å²) in [6.45, 7) is 14.2. The fraction of sp³-hybridized carbons (Fsp3) is 0.103. The Morgan fingerprint density at radius 2 is 0.583 bits per heavy atom. The highest BCUT2D eigenvalue weighted by Gasteiger charge is 2.33. The summed E-state index contributed by atoms with van der Waals surface area (Å²) in [5.41, 5.74) is 18.2. The first-order valence-corrected chi connectivity index (χ1v) is 30.7. The number of thiophene rings is 2. The molecule has 0 saturated heterocycles. The molecule has 0 aliphatic rings. The van der Waals surface area contributed by atoms with Gasteiger partial charge in [0.25, 0.3) is 0 Å². The molecule has 0 spiro atoms. The van der Waals surface area contributed by atoms with Crippen molar-refractivity contribution in [2.24, 2.45) is 0 Å². The van der Waals surface area contributed by atoms with Gasteiger partial charge >= 0.3 is 0 Å².